The molecule has 1 aliphatic heterocycles. The Hall–Kier alpha value is -1.36. The Morgan fingerprint density at radius 2 is 1.74 bits per heavy atom. The fourth-order valence-corrected chi connectivity index (χ4v) is 5.62. The van der Waals surface area contributed by atoms with Gasteiger partial charge in [-0.15, -0.1) is 0 Å². The van der Waals surface area contributed by atoms with E-state index in [9.17, 15) is 28.8 Å². The number of nitrogen functional groups attached to an aromatic ring is 1. The largest absolute Gasteiger partial charge is 0.490 e. The summed E-state index contributed by atoms with van der Waals surface area (Å²) in [4.78, 5) is 47.2. The van der Waals surface area contributed by atoms with Gasteiger partial charge in [-0.25, -0.2) is 23.7 Å². The van der Waals surface area contributed by atoms with Crippen LogP contribution in [0, 0.1) is 0 Å². The van der Waals surface area contributed by atoms with E-state index < -0.39 is 54.6 Å². The number of ether oxygens (including phenoxy) is 1. The highest BCUT2D eigenvalue weighted by atomic mass is 31.3. The molecule has 0 saturated carbocycles. The lowest BCUT2D eigenvalue weighted by Crippen LogP contribution is -2.33. The average Bonchev–Trinajstić information content (AvgIpc) is 3.11. The van der Waals surface area contributed by atoms with Crippen LogP contribution in [0.1, 0.15) is 6.23 Å². The molecular formula is C10H16N5O13P3. The first kappa shape index (κ1) is 24.3. The van der Waals surface area contributed by atoms with Crippen molar-refractivity contribution in [3.05, 3.63) is 12.5 Å². The highest BCUT2D eigenvalue weighted by molar-refractivity contribution is 7.66. The van der Waals surface area contributed by atoms with Gasteiger partial charge in [0.2, 0.25) is 5.95 Å². The van der Waals surface area contributed by atoms with Gasteiger partial charge in [0.05, 0.1) is 19.1 Å². The molecule has 0 spiro atoms. The van der Waals surface area contributed by atoms with Crippen molar-refractivity contribution in [2.24, 2.45) is 0 Å². The summed E-state index contributed by atoms with van der Waals surface area (Å²) in [6, 6.07) is 0. The van der Waals surface area contributed by atoms with Gasteiger partial charge < -0.3 is 40.3 Å². The fraction of sp³-hybridized carbons (Fsp3) is 0.500. The smallest absolute Gasteiger partial charge is 0.387 e. The first-order valence-corrected chi connectivity index (χ1v) is 12.4. The molecule has 0 radical (unpaired) electrons. The summed E-state index contributed by atoms with van der Waals surface area (Å²) >= 11 is 0. The van der Waals surface area contributed by atoms with Crippen LogP contribution in [0.5, 0.6) is 0 Å². The predicted molar refractivity (Wildman–Crippen MR) is 95.5 cm³/mol. The highest BCUT2D eigenvalue weighted by Gasteiger charge is 2.46. The van der Waals surface area contributed by atoms with Crippen LogP contribution in [0.25, 0.3) is 11.2 Å². The monoisotopic (exact) mass is 507 g/mol. The molecule has 2 aromatic heterocycles. The number of fused-ring (bicyclic) bond motifs is 1. The molecular weight excluding hydrogens is 491 g/mol. The Balaban J connectivity index is 1.69. The Bertz CT molecular complexity index is 1100. The van der Waals surface area contributed by atoms with Crippen LogP contribution in [0.4, 0.5) is 5.95 Å². The van der Waals surface area contributed by atoms with Gasteiger partial charge >= 0.3 is 23.5 Å². The van der Waals surface area contributed by atoms with Gasteiger partial charge in [-0.1, -0.05) is 0 Å². The average molecular weight is 507 g/mol. The van der Waals surface area contributed by atoms with Crippen LogP contribution in [0.2, 0.25) is 0 Å². The topological polar surface area (TPSA) is 279 Å². The number of aromatic nitrogens is 4. The van der Waals surface area contributed by atoms with Crippen molar-refractivity contribution >= 4 is 40.6 Å². The van der Waals surface area contributed by atoms with E-state index in [4.69, 9.17) is 25.2 Å². The maximum atomic E-state index is 11.8. The SMILES string of the molecule is Nc1ncc2ncn(C3OC(COP(=O)(O)OP(=O)(O)OP(=O)(O)O)C(O)C3O)c2n1. The van der Waals surface area contributed by atoms with E-state index in [0.29, 0.717) is 0 Å². The number of nitrogens with two attached hydrogens (primary N) is 1. The van der Waals surface area contributed by atoms with Crippen molar-refractivity contribution in [3.8, 4) is 0 Å². The number of imidazole rings is 1. The van der Waals surface area contributed by atoms with Crippen LogP contribution >= 0.6 is 23.5 Å². The summed E-state index contributed by atoms with van der Waals surface area (Å²) in [6.07, 6.45) is -3.49. The quantitative estimate of drug-likeness (QED) is 0.197. The molecule has 0 amide bonds. The number of hydrogen-bond donors (Lipinski definition) is 7. The molecule has 174 valence electrons. The molecule has 21 heteroatoms. The molecule has 18 nitrogen and oxygen atoms in total. The van der Waals surface area contributed by atoms with Gasteiger partial charge in [-0.3, -0.25) is 9.09 Å². The molecule has 2 aromatic rings. The van der Waals surface area contributed by atoms with Gasteiger partial charge in [0.1, 0.15) is 23.8 Å². The lowest BCUT2D eigenvalue weighted by molar-refractivity contribution is -0.0503. The summed E-state index contributed by atoms with van der Waals surface area (Å²) < 4.78 is 51.9. The van der Waals surface area contributed by atoms with Crippen molar-refractivity contribution in [2.45, 2.75) is 24.5 Å². The van der Waals surface area contributed by atoms with E-state index in [-0.39, 0.29) is 17.1 Å². The Kier molecular flexibility index (Phi) is 6.68. The van der Waals surface area contributed by atoms with E-state index in [1.165, 1.54) is 17.1 Å². The number of hydrogen-bond acceptors (Lipinski definition) is 13. The second-order valence-corrected chi connectivity index (χ2v) is 10.4. The van der Waals surface area contributed by atoms with E-state index in [1.807, 2.05) is 0 Å². The van der Waals surface area contributed by atoms with Crippen molar-refractivity contribution in [3.63, 3.8) is 0 Å². The third-order valence-corrected chi connectivity index (χ3v) is 7.57. The minimum absolute atomic E-state index is 0.105. The normalized spacial score (nSPS) is 28.5. The summed E-state index contributed by atoms with van der Waals surface area (Å²) in [7, 11) is -16.7. The zero-order chi connectivity index (χ0) is 23.2. The van der Waals surface area contributed by atoms with Gasteiger partial charge in [0.25, 0.3) is 0 Å². The standard InChI is InChI=1S/C10H16N5O13P3/c11-10-12-1-4-8(14-10)15(3-13-4)9-7(17)6(16)5(26-9)2-25-30(21,22)28-31(23,24)27-29(18,19)20/h1,3,5-7,9,16-17H,2H2,(H,21,22)(H,23,24)(H2,11,12,14)(H2,18,19,20). The maximum absolute atomic E-state index is 11.8. The lowest BCUT2D eigenvalue weighted by atomic mass is 10.1. The second-order valence-electron chi connectivity index (χ2n) is 6.02. The molecule has 1 fully saturated rings. The van der Waals surface area contributed by atoms with Gasteiger partial charge in [0, 0.05) is 0 Å². The van der Waals surface area contributed by atoms with Crippen molar-refractivity contribution in [2.75, 3.05) is 12.3 Å². The van der Waals surface area contributed by atoms with Crippen LogP contribution < -0.4 is 5.73 Å². The molecule has 8 N–H and O–H groups in total. The molecule has 0 aromatic carbocycles. The molecule has 3 rings (SSSR count). The molecule has 31 heavy (non-hydrogen) atoms. The third kappa shape index (κ3) is 5.91. The van der Waals surface area contributed by atoms with E-state index in [1.54, 1.807) is 0 Å². The lowest BCUT2D eigenvalue weighted by Gasteiger charge is -2.19. The molecule has 1 aliphatic rings. The molecule has 3 heterocycles. The summed E-state index contributed by atoms with van der Waals surface area (Å²) in [5.41, 5.74) is 5.95. The zero-order valence-electron chi connectivity index (χ0n) is 14.9. The molecule has 1 saturated heterocycles. The number of aliphatic hydroxyl groups is 2. The molecule has 0 bridgehead atoms. The predicted octanol–water partition coefficient (Wildman–Crippen LogP) is -1.63. The minimum Gasteiger partial charge on any atom is -0.387 e. The highest BCUT2D eigenvalue weighted by Crippen LogP contribution is 2.66. The Labute approximate surface area is 171 Å². The van der Waals surface area contributed by atoms with E-state index in [2.05, 4.69) is 28.1 Å². The summed E-state index contributed by atoms with van der Waals surface area (Å²) in [6.45, 7) is -0.956. The van der Waals surface area contributed by atoms with Crippen molar-refractivity contribution in [1.29, 1.82) is 0 Å². The minimum atomic E-state index is -5.70. The first-order chi connectivity index (χ1) is 14.2. The maximum Gasteiger partial charge on any atom is 0.490 e. The summed E-state index contributed by atoms with van der Waals surface area (Å²) in [5.74, 6) is -0.105. The Morgan fingerprint density at radius 1 is 1.06 bits per heavy atom. The molecule has 6 atom stereocenters. The van der Waals surface area contributed by atoms with E-state index in [0.717, 1.165) is 0 Å². The fourth-order valence-electron chi connectivity index (χ4n) is 2.59. The number of anilines is 1. The van der Waals surface area contributed by atoms with E-state index >= 15 is 0 Å². The van der Waals surface area contributed by atoms with Crippen LogP contribution in [-0.4, -0.2) is 74.2 Å². The number of phosphoric ester groups is 1. The second kappa shape index (κ2) is 8.53. The summed E-state index contributed by atoms with van der Waals surface area (Å²) in [5, 5.41) is 20.4. The molecule has 6 unspecified atom stereocenters. The molecule has 0 aliphatic carbocycles. The van der Waals surface area contributed by atoms with Gasteiger partial charge in [-0.05, 0) is 0 Å². The number of aliphatic hydroxyl groups excluding tert-OH is 2. The van der Waals surface area contributed by atoms with Crippen LogP contribution in [0.3, 0.4) is 0 Å². The number of phosphoric acid groups is 3. The van der Waals surface area contributed by atoms with Crippen LogP contribution in [-0.2, 0) is 31.6 Å². The number of rotatable bonds is 8. The van der Waals surface area contributed by atoms with Crippen molar-refractivity contribution in [1.82, 2.24) is 19.5 Å². The number of nitrogens with zero attached hydrogens (tertiary/aromatic N) is 4. The Morgan fingerprint density at radius 3 is 2.39 bits per heavy atom. The zero-order valence-corrected chi connectivity index (χ0v) is 17.6. The van der Waals surface area contributed by atoms with Crippen molar-refractivity contribution < 1.29 is 61.4 Å². The van der Waals surface area contributed by atoms with Gasteiger partial charge in [0.15, 0.2) is 11.9 Å². The van der Waals surface area contributed by atoms with Crippen LogP contribution in [0.15, 0.2) is 12.5 Å². The van der Waals surface area contributed by atoms with Gasteiger partial charge in [-0.2, -0.15) is 13.6 Å². The first-order valence-electron chi connectivity index (χ1n) is 7.92. The third-order valence-electron chi connectivity index (χ3n) is 3.76.